The lowest BCUT2D eigenvalue weighted by atomic mass is 9.99. The molecule has 80 heavy (non-hydrogen) atoms. The van der Waals surface area contributed by atoms with Crippen LogP contribution in [0.15, 0.2) is 60.8 Å². The summed E-state index contributed by atoms with van der Waals surface area (Å²) < 4.78 is 17.7. The minimum atomic E-state index is -1.62. The maximum atomic E-state index is 13.4. The summed E-state index contributed by atoms with van der Waals surface area (Å²) in [6.45, 7) is 5.67. The van der Waals surface area contributed by atoms with E-state index < -0.39 is 67.4 Å². The zero-order chi connectivity index (χ0) is 58.2. The van der Waals surface area contributed by atoms with Crippen molar-refractivity contribution >= 4 is 11.9 Å². The summed E-state index contributed by atoms with van der Waals surface area (Å²) in [6.07, 6.45) is 61.3. The van der Waals surface area contributed by atoms with Crippen LogP contribution >= 0.6 is 0 Å². The topological polar surface area (TPSA) is 175 Å². The Morgan fingerprint density at radius 3 is 1.38 bits per heavy atom. The van der Waals surface area contributed by atoms with Crippen molar-refractivity contribution in [1.29, 1.82) is 0 Å². The number of hydrogen-bond acceptors (Lipinski definition) is 10. The number of allylic oxidation sites excluding steroid dienone is 9. The Kier molecular flexibility index (Phi) is 53.5. The standard InChI is InChI=1S/C69H125NO10/c1-4-7-10-13-16-19-22-25-27-28-29-30-31-32-33-34-35-36-37-39-42-45-48-51-54-57-64(74)80-67-66(76)65(75)63(58-71)79-69(67)78-59-60(61(72)55-52-49-46-43-40-24-21-18-15-12-9-6-3)70-68(77)62(73)56-53-50-47-44-41-38-26-23-20-17-14-11-8-5-2/h8,11,14,17,20,23,25,27,52,55,60-63,65-67,69,71-73,75-76H,4-7,9-10,12-13,15-16,18-19,21-22,24,26,28-51,53-54,56-59H2,1-3H3,(H,70,77)/b11-8+,17-14+,23-20+,27-25+,55-52+. The van der Waals surface area contributed by atoms with Crippen molar-refractivity contribution < 1.29 is 49.3 Å². The minimum absolute atomic E-state index is 0.123. The summed E-state index contributed by atoms with van der Waals surface area (Å²) in [6, 6.07) is -1.03. The van der Waals surface area contributed by atoms with Crippen molar-refractivity contribution in [2.24, 2.45) is 0 Å². The molecule has 8 unspecified atom stereocenters. The number of hydrogen-bond donors (Lipinski definition) is 6. The van der Waals surface area contributed by atoms with E-state index in [0.29, 0.717) is 12.8 Å². The van der Waals surface area contributed by atoms with E-state index in [0.717, 1.165) is 83.5 Å². The van der Waals surface area contributed by atoms with E-state index in [9.17, 15) is 35.1 Å². The average Bonchev–Trinajstić information content (AvgIpc) is 3.46. The number of ether oxygens (including phenoxy) is 3. The second-order valence-electron chi connectivity index (χ2n) is 23.2. The Balaban J connectivity index is 2.57. The third kappa shape index (κ3) is 44.0. The molecule has 0 radical (unpaired) electrons. The van der Waals surface area contributed by atoms with Crippen molar-refractivity contribution in [3.05, 3.63) is 60.8 Å². The lowest BCUT2D eigenvalue weighted by Gasteiger charge is -2.41. The Morgan fingerprint density at radius 1 is 0.500 bits per heavy atom. The van der Waals surface area contributed by atoms with Gasteiger partial charge in [0.1, 0.15) is 24.4 Å². The fourth-order valence-electron chi connectivity index (χ4n) is 10.4. The van der Waals surface area contributed by atoms with Gasteiger partial charge in [-0.2, -0.15) is 0 Å². The normalized spacial score (nSPS) is 19.1. The van der Waals surface area contributed by atoms with Crippen molar-refractivity contribution in [3.8, 4) is 0 Å². The molecule has 1 aliphatic heterocycles. The molecule has 8 atom stereocenters. The van der Waals surface area contributed by atoms with Gasteiger partial charge in [0.15, 0.2) is 12.4 Å². The van der Waals surface area contributed by atoms with Crippen LogP contribution in [0.3, 0.4) is 0 Å². The summed E-state index contributed by atoms with van der Waals surface area (Å²) in [5.74, 6) is -1.20. The van der Waals surface area contributed by atoms with Gasteiger partial charge in [-0.25, -0.2) is 0 Å². The number of carbonyl (C=O) groups excluding carboxylic acids is 2. The molecule has 0 aromatic carbocycles. The fraction of sp³-hybridized carbons (Fsp3) is 0.826. The number of nitrogens with one attached hydrogen (secondary N) is 1. The third-order valence-corrected chi connectivity index (χ3v) is 15.7. The first-order chi connectivity index (χ1) is 39.2. The fourth-order valence-corrected chi connectivity index (χ4v) is 10.4. The van der Waals surface area contributed by atoms with Crippen LogP contribution in [0.5, 0.6) is 0 Å². The van der Waals surface area contributed by atoms with Gasteiger partial charge in [0.05, 0.1) is 25.4 Å². The van der Waals surface area contributed by atoms with Crippen molar-refractivity contribution in [2.45, 2.75) is 352 Å². The van der Waals surface area contributed by atoms with E-state index >= 15 is 0 Å². The second kappa shape index (κ2) is 56.8. The van der Waals surface area contributed by atoms with Gasteiger partial charge in [-0.05, 0) is 70.6 Å². The van der Waals surface area contributed by atoms with Gasteiger partial charge in [-0.1, -0.05) is 287 Å². The lowest BCUT2D eigenvalue weighted by molar-refractivity contribution is -0.305. The largest absolute Gasteiger partial charge is 0.454 e. The predicted molar refractivity (Wildman–Crippen MR) is 333 cm³/mol. The Bertz CT molecular complexity index is 1530. The lowest BCUT2D eigenvalue weighted by Crippen LogP contribution is -2.61. The summed E-state index contributed by atoms with van der Waals surface area (Å²) in [7, 11) is 0. The highest BCUT2D eigenvalue weighted by molar-refractivity contribution is 5.80. The van der Waals surface area contributed by atoms with Gasteiger partial charge in [0, 0.05) is 6.42 Å². The molecule has 0 aromatic heterocycles. The number of carbonyl (C=O) groups is 2. The van der Waals surface area contributed by atoms with E-state index in [1.807, 2.05) is 12.2 Å². The first-order valence-corrected chi connectivity index (χ1v) is 33.6. The molecule has 1 heterocycles. The summed E-state index contributed by atoms with van der Waals surface area (Å²) in [5.41, 5.74) is 0. The molecular formula is C69H125NO10. The number of amides is 1. The average molecular weight is 1130 g/mol. The van der Waals surface area contributed by atoms with E-state index in [2.05, 4.69) is 68.6 Å². The molecule has 1 amide bonds. The molecule has 11 nitrogen and oxygen atoms in total. The van der Waals surface area contributed by atoms with Crippen LogP contribution in [0.2, 0.25) is 0 Å². The molecule has 6 N–H and O–H groups in total. The van der Waals surface area contributed by atoms with E-state index in [-0.39, 0.29) is 19.4 Å². The molecule has 0 bridgehead atoms. The van der Waals surface area contributed by atoms with E-state index in [1.54, 1.807) is 6.08 Å². The molecule has 0 aliphatic carbocycles. The maximum Gasteiger partial charge on any atom is 0.306 e. The van der Waals surface area contributed by atoms with Crippen LogP contribution in [0.1, 0.15) is 303 Å². The predicted octanol–water partition coefficient (Wildman–Crippen LogP) is 16.6. The Hall–Kier alpha value is -2.64. The summed E-state index contributed by atoms with van der Waals surface area (Å²) in [4.78, 5) is 26.6. The molecule has 0 spiro atoms. The highest BCUT2D eigenvalue weighted by Gasteiger charge is 2.47. The highest BCUT2D eigenvalue weighted by Crippen LogP contribution is 2.26. The van der Waals surface area contributed by atoms with Crippen molar-refractivity contribution in [2.75, 3.05) is 13.2 Å². The van der Waals surface area contributed by atoms with Crippen LogP contribution in [-0.4, -0.2) is 99.6 Å². The van der Waals surface area contributed by atoms with Crippen LogP contribution in [0.4, 0.5) is 0 Å². The summed E-state index contributed by atoms with van der Waals surface area (Å²) in [5, 5.41) is 57.0. The molecule has 11 heteroatoms. The molecule has 0 aromatic rings. The molecule has 1 aliphatic rings. The van der Waals surface area contributed by atoms with E-state index in [1.165, 1.54) is 173 Å². The minimum Gasteiger partial charge on any atom is -0.454 e. The maximum absolute atomic E-state index is 13.4. The molecular weight excluding hydrogens is 1000 g/mol. The zero-order valence-electron chi connectivity index (χ0n) is 51.7. The first kappa shape index (κ1) is 75.4. The van der Waals surface area contributed by atoms with Gasteiger partial charge in [-0.15, -0.1) is 0 Å². The smallest absolute Gasteiger partial charge is 0.306 e. The Labute approximate surface area is 490 Å². The third-order valence-electron chi connectivity index (χ3n) is 15.7. The second-order valence-corrected chi connectivity index (χ2v) is 23.2. The number of esters is 1. The molecule has 1 saturated heterocycles. The van der Waals surface area contributed by atoms with Crippen LogP contribution in [0, 0.1) is 0 Å². The van der Waals surface area contributed by atoms with Crippen LogP contribution < -0.4 is 5.32 Å². The number of rotatable bonds is 57. The van der Waals surface area contributed by atoms with Crippen molar-refractivity contribution in [1.82, 2.24) is 5.32 Å². The van der Waals surface area contributed by atoms with Gasteiger partial charge in [0.2, 0.25) is 5.91 Å². The quantitative estimate of drug-likeness (QED) is 0.0149. The molecule has 1 rings (SSSR count). The first-order valence-electron chi connectivity index (χ1n) is 33.6. The van der Waals surface area contributed by atoms with Crippen LogP contribution in [0.25, 0.3) is 0 Å². The monoisotopic (exact) mass is 1130 g/mol. The van der Waals surface area contributed by atoms with Gasteiger partial charge in [0.25, 0.3) is 0 Å². The van der Waals surface area contributed by atoms with Gasteiger partial charge in [-0.3, -0.25) is 9.59 Å². The van der Waals surface area contributed by atoms with E-state index in [4.69, 9.17) is 14.2 Å². The van der Waals surface area contributed by atoms with Gasteiger partial charge < -0.3 is 45.1 Å². The zero-order valence-corrected chi connectivity index (χ0v) is 51.7. The highest BCUT2D eigenvalue weighted by atomic mass is 16.7. The number of aliphatic hydroxyl groups is 5. The molecule has 1 fully saturated rings. The van der Waals surface area contributed by atoms with Crippen LogP contribution in [-0.2, 0) is 23.8 Å². The number of aliphatic hydroxyl groups excluding tert-OH is 5. The Morgan fingerprint density at radius 2 is 0.912 bits per heavy atom. The molecule has 0 saturated carbocycles. The van der Waals surface area contributed by atoms with Gasteiger partial charge >= 0.3 is 5.97 Å². The number of unbranched alkanes of at least 4 members (excludes halogenated alkanes) is 37. The van der Waals surface area contributed by atoms with Crippen molar-refractivity contribution in [3.63, 3.8) is 0 Å². The molecule has 466 valence electrons. The summed E-state index contributed by atoms with van der Waals surface area (Å²) >= 11 is 0. The SMILES string of the molecule is CC/C=C/C=C/C=C/CCCCCCCCC(O)C(=O)NC(COC1OC(CO)C(O)C(O)C1OC(=O)CCCCCCCCCCCCCCCCC/C=C/CCCCCCCC)C(O)/C=C/CCCCCCCCCCCC.